The Morgan fingerprint density at radius 1 is 1.13 bits per heavy atom. The number of aryl methyl sites for hydroxylation is 2. The normalized spacial score (nSPS) is 18.5. The van der Waals surface area contributed by atoms with Crippen LogP contribution in [-0.4, -0.2) is 53.1 Å². The van der Waals surface area contributed by atoms with Crippen LogP contribution >= 0.6 is 0 Å². The molecule has 0 saturated carbocycles. The minimum absolute atomic E-state index is 0.0209. The highest BCUT2D eigenvalue weighted by molar-refractivity contribution is 5.96. The summed E-state index contributed by atoms with van der Waals surface area (Å²) >= 11 is 0. The third-order valence-electron chi connectivity index (χ3n) is 6.38. The maximum Gasteiger partial charge on any atom is 0.321 e. The van der Waals surface area contributed by atoms with E-state index < -0.39 is 0 Å². The van der Waals surface area contributed by atoms with Gasteiger partial charge in [0.15, 0.2) is 0 Å². The molecule has 8 heteroatoms. The molecule has 2 saturated heterocycles. The van der Waals surface area contributed by atoms with E-state index in [0.29, 0.717) is 48.9 Å². The third kappa shape index (κ3) is 4.04. The molecular weight excluding hydrogens is 387 g/mol. The minimum atomic E-state index is -0.377. The number of nitrogens with one attached hydrogen (secondary N) is 1. The van der Waals surface area contributed by atoms with Crippen LogP contribution in [0, 0.1) is 25.1 Å². The van der Waals surface area contributed by atoms with Gasteiger partial charge < -0.3 is 19.6 Å². The van der Waals surface area contributed by atoms with E-state index >= 15 is 0 Å². The summed E-state index contributed by atoms with van der Waals surface area (Å²) in [7, 11) is 0. The summed E-state index contributed by atoms with van der Waals surface area (Å²) in [6.45, 7) is 6.19. The summed E-state index contributed by atoms with van der Waals surface area (Å²) in [6, 6.07) is 5.72. The van der Waals surface area contributed by atoms with Crippen LogP contribution in [0.2, 0.25) is 0 Å². The molecule has 2 fully saturated rings. The van der Waals surface area contributed by atoms with Gasteiger partial charge >= 0.3 is 6.03 Å². The first kappa shape index (κ1) is 20.4. The van der Waals surface area contributed by atoms with E-state index in [1.165, 1.54) is 12.1 Å². The number of urea groups is 1. The highest BCUT2D eigenvalue weighted by Gasteiger charge is 2.41. The van der Waals surface area contributed by atoms with Crippen LogP contribution in [0.15, 0.2) is 28.8 Å². The van der Waals surface area contributed by atoms with Crippen molar-refractivity contribution in [1.29, 1.82) is 0 Å². The molecule has 7 nitrogen and oxygen atoms in total. The molecule has 2 aliphatic heterocycles. The number of nitrogens with zero attached hydrogens (tertiary/aromatic N) is 3. The lowest BCUT2D eigenvalue weighted by Crippen LogP contribution is -2.52. The van der Waals surface area contributed by atoms with Crippen molar-refractivity contribution in [2.75, 3.05) is 31.5 Å². The summed E-state index contributed by atoms with van der Waals surface area (Å²) < 4.78 is 18.5. The largest absolute Gasteiger partial charge is 0.361 e. The summed E-state index contributed by atoms with van der Waals surface area (Å²) in [5.74, 6) is 0.145. The van der Waals surface area contributed by atoms with E-state index in [-0.39, 0.29) is 23.2 Å². The lowest BCUT2D eigenvalue weighted by atomic mass is 9.72. The van der Waals surface area contributed by atoms with Gasteiger partial charge in [-0.2, -0.15) is 0 Å². The number of amides is 3. The third-order valence-corrected chi connectivity index (χ3v) is 6.38. The molecule has 4 rings (SSSR count). The predicted molar refractivity (Wildman–Crippen MR) is 110 cm³/mol. The molecule has 1 N–H and O–H groups in total. The molecule has 1 aromatic carbocycles. The highest BCUT2D eigenvalue weighted by atomic mass is 19.1. The summed E-state index contributed by atoms with van der Waals surface area (Å²) in [4.78, 5) is 29.3. The van der Waals surface area contributed by atoms with Crippen molar-refractivity contribution < 1.29 is 18.5 Å². The standard InChI is InChI=1S/C22H27FN4O3/c1-15-19(16(2)30-25-15)20(28)26-11-8-22(9-12-26)7-4-10-27(14-22)21(29)24-18-6-3-5-17(23)13-18/h3,5-6,13H,4,7-12,14H2,1-2H3,(H,24,29). The summed E-state index contributed by atoms with van der Waals surface area (Å²) in [5, 5.41) is 6.69. The molecule has 3 amide bonds. The molecule has 0 atom stereocenters. The van der Waals surface area contributed by atoms with Gasteiger partial charge in [-0.05, 0) is 63.1 Å². The van der Waals surface area contributed by atoms with E-state index in [9.17, 15) is 14.0 Å². The number of hydrogen-bond acceptors (Lipinski definition) is 4. The van der Waals surface area contributed by atoms with Gasteiger partial charge in [-0.15, -0.1) is 0 Å². The van der Waals surface area contributed by atoms with Crippen molar-refractivity contribution in [3.63, 3.8) is 0 Å². The predicted octanol–water partition coefficient (Wildman–Crippen LogP) is 3.98. The molecule has 160 valence electrons. The topological polar surface area (TPSA) is 78.7 Å². The molecule has 2 aliphatic rings. The lowest BCUT2D eigenvalue weighted by molar-refractivity contribution is 0.0333. The van der Waals surface area contributed by atoms with E-state index in [1.54, 1.807) is 26.0 Å². The van der Waals surface area contributed by atoms with Crippen molar-refractivity contribution in [2.24, 2.45) is 5.41 Å². The second kappa shape index (κ2) is 8.08. The van der Waals surface area contributed by atoms with Crippen molar-refractivity contribution >= 4 is 17.6 Å². The quantitative estimate of drug-likeness (QED) is 0.806. The second-order valence-electron chi connectivity index (χ2n) is 8.46. The van der Waals surface area contributed by atoms with Gasteiger partial charge in [0.2, 0.25) is 0 Å². The summed E-state index contributed by atoms with van der Waals surface area (Å²) in [5.41, 5.74) is 1.66. The monoisotopic (exact) mass is 414 g/mol. The van der Waals surface area contributed by atoms with E-state index in [4.69, 9.17) is 4.52 Å². The molecule has 30 heavy (non-hydrogen) atoms. The fourth-order valence-electron chi connectivity index (χ4n) is 4.69. The Morgan fingerprint density at radius 3 is 2.57 bits per heavy atom. The maximum atomic E-state index is 13.4. The number of rotatable bonds is 2. The number of piperidine rings is 2. The average Bonchev–Trinajstić information content (AvgIpc) is 3.06. The Hall–Kier alpha value is -2.90. The fourth-order valence-corrected chi connectivity index (χ4v) is 4.69. The number of carbonyl (C=O) groups is 2. The van der Waals surface area contributed by atoms with Crippen molar-refractivity contribution in [2.45, 2.75) is 39.5 Å². The molecular formula is C22H27FN4O3. The van der Waals surface area contributed by atoms with Crippen LogP contribution in [0.4, 0.5) is 14.9 Å². The van der Waals surface area contributed by atoms with Gasteiger partial charge in [0.05, 0.1) is 5.69 Å². The molecule has 1 spiro atoms. The first-order valence-electron chi connectivity index (χ1n) is 10.4. The Balaban J connectivity index is 1.38. The van der Waals surface area contributed by atoms with Gasteiger partial charge in [0.1, 0.15) is 17.1 Å². The van der Waals surface area contributed by atoms with Crippen LogP contribution in [0.3, 0.4) is 0 Å². The molecule has 2 aromatic rings. The number of hydrogen-bond donors (Lipinski definition) is 1. The SMILES string of the molecule is Cc1noc(C)c1C(=O)N1CCC2(CCCN(C(=O)Nc3cccc(F)c3)C2)CC1. The molecule has 1 aromatic heterocycles. The number of aromatic nitrogens is 1. The van der Waals surface area contributed by atoms with Gasteiger partial charge in [-0.1, -0.05) is 11.2 Å². The molecule has 0 bridgehead atoms. The van der Waals surface area contributed by atoms with Gasteiger partial charge in [0, 0.05) is 31.9 Å². The zero-order chi connectivity index (χ0) is 21.3. The van der Waals surface area contributed by atoms with Crippen molar-refractivity contribution in [1.82, 2.24) is 15.0 Å². The zero-order valence-corrected chi connectivity index (χ0v) is 17.4. The Bertz CT molecular complexity index is 930. The minimum Gasteiger partial charge on any atom is -0.361 e. The second-order valence-corrected chi connectivity index (χ2v) is 8.46. The Kier molecular flexibility index (Phi) is 5.49. The first-order chi connectivity index (χ1) is 14.4. The van der Waals surface area contributed by atoms with Crippen LogP contribution in [-0.2, 0) is 0 Å². The van der Waals surface area contributed by atoms with Gasteiger partial charge in [-0.25, -0.2) is 9.18 Å². The molecule has 3 heterocycles. The molecule has 0 radical (unpaired) electrons. The van der Waals surface area contributed by atoms with Crippen molar-refractivity contribution in [3.8, 4) is 0 Å². The highest BCUT2D eigenvalue weighted by Crippen LogP contribution is 2.40. The van der Waals surface area contributed by atoms with E-state index in [1.807, 2.05) is 9.80 Å². The zero-order valence-electron chi connectivity index (χ0n) is 17.4. The number of benzene rings is 1. The van der Waals surface area contributed by atoms with Crippen LogP contribution in [0.25, 0.3) is 0 Å². The average molecular weight is 414 g/mol. The van der Waals surface area contributed by atoms with Crippen LogP contribution < -0.4 is 5.32 Å². The first-order valence-corrected chi connectivity index (χ1v) is 10.4. The van der Waals surface area contributed by atoms with Crippen LogP contribution in [0.5, 0.6) is 0 Å². The number of anilines is 1. The molecule has 0 aliphatic carbocycles. The number of carbonyl (C=O) groups excluding carboxylic acids is 2. The number of halogens is 1. The fraction of sp³-hybridized carbons (Fsp3) is 0.500. The van der Waals surface area contributed by atoms with Gasteiger partial charge in [-0.3, -0.25) is 4.79 Å². The van der Waals surface area contributed by atoms with Crippen LogP contribution in [0.1, 0.15) is 47.5 Å². The van der Waals surface area contributed by atoms with E-state index in [0.717, 1.165) is 25.7 Å². The van der Waals surface area contributed by atoms with E-state index in [2.05, 4.69) is 10.5 Å². The summed E-state index contributed by atoms with van der Waals surface area (Å²) in [6.07, 6.45) is 3.68. The number of likely N-dealkylation sites (tertiary alicyclic amines) is 2. The Morgan fingerprint density at radius 2 is 1.90 bits per heavy atom. The molecule has 0 unspecified atom stereocenters. The van der Waals surface area contributed by atoms with Crippen molar-refractivity contribution in [3.05, 3.63) is 47.1 Å². The Labute approximate surface area is 175 Å². The van der Waals surface area contributed by atoms with Gasteiger partial charge in [0.25, 0.3) is 5.91 Å². The smallest absolute Gasteiger partial charge is 0.321 e. The lowest BCUT2D eigenvalue weighted by Gasteiger charge is -2.47. The maximum absolute atomic E-state index is 13.4.